The number of aromatic nitrogens is 2. The number of pyridine rings is 1. The normalized spacial score (nSPS) is 16.0. The molecule has 2 amide bonds. The van der Waals surface area contributed by atoms with E-state index in [0.717, 1.165) is 31.4 Å². The molecule has 0 bridgehead atoms. The van der Waals surface area contributed by atoms with E-state index in [4.69, 9.17) is 28.9 Å². The fourth-order valence-corrected chi connectivity index (χ4v) is 5.91. The highest BCUT2D eigenvalue weighted by atomic mass is 35.5. The lowest BCUT2D eigenvalue weighted by Gasteiger charge is -2.30. The molecule has 216 valence electrons. The Labute approximate surface area is 246 Å². The maximum absolute atomic E-state index is 13.2. The first-order chi connectivity index (χ1) is 19.8. The Kier molecular flexibility index (Phi) is 8.62. The van der Waals surface area contributed by atoms with Gasteiger partial charge < -0.3 is 31.3 Å². The summed E-state index contributed by atoms with van der Waals surface area (Å²) in [5.41, 5.74) is 8.12. The minimum absolute atomic E-state index is 0.00569. The van der Waals surface area contributed by atoms with Crippen LogP contribution in [0, 0.1) is 0 Å². The Morgan fingerprint density at radius 3 is 2.61 bits per heavy atom. The zero-order valence-corrected chi connectivity index (χ0v) is 23.7. The van der Waals surface area contributed by atoms with Gasteiger partial charge in [-0.15, -0.1) is 0 Å². The quantitative estimate of drug-likeness (QED) is 0.237. The van der Waals surface area contributed by atoms with Crippen LogP contribution in [-0.2, 0) is 17.8 Å². The van der Waals surface area contributed by atoms with E-state index in [1.165, 1.54) is 0 Å². The van der Waals surface area contributed by atoms with Crippen molar-refractivity contribution in [2.24, 2.45) is 10.7 Å². The molecular formula is C27H30Cl2N8O4. The predicted molar refractivity (Wildman–Crippen MR) is 154 cm³/mol. The van der Waals surface area contributed by atoms with Crippen LogP contribution in [0.3, 0.4) is 0 Å². The number of nitrogens with one attached hydrogen (secondary N) is 2. The third kappa shape index (κ3) is 6.09. The van der Waals surface area contributed by atoms with E-state index in [1.54, 1.807) is 27.7 Å². The average Bonchev–Trinajstić information content (AvgIpc) is 3.64. The van der Waals surface area contributed by atoms with Gasteiger partial charge in [0.25, 0.3) is 11.8 Å². The Morgan fingerprint density at radius 2 is 1.90 bits per heavy atom. The van der Waals surface area contributed by atoms with Gasteiger partial charge in [-0.05, 0) is 54.7 Å². The van der Waals surface area contributed by atoms with Gasteiger partial charge in [0.2, 0.25) is 0 Å². The minimum atomic E-state index is -1.28. The van der Waals surface area contributed by atoms with Crippen molar-refractivity contribution < 1.29 is 19.5 Å². The molecule has 41 heavy (non-hydrogen) atoms. The zero-order chi connectivity index (χ0) is 29.1. The SMILES string of the molecule is NCN=C(NC[C@H](NC(=O)c1c(Cl)cc2c(c1Cl)CCN(C(=O)c1cc3ccccn3n1)C2)C(=O)O)N1CCCC1. The molecule has 0 radical (unpaired) electrons. The van der Waals surface area contributed by atoms with E-state index < -0.39 is 17.9 Å². The highest BCUT2D eigenvalue weighted by Gasteiger charge is 2.30. The number of benzene rings is 1. The van der Waals surface area contributed by atoms with Crippen molar-refractivity contribution in [2.75, 3.05) is 32.8 Å². The summed E-state index contributed by atoms with van der Waals surface area (Å²) in [4.78, 5) is 46.3. The molecule has 3 aromatic rings. The lowest BCUT2D eigenvalue weighted by atomic mass is 9.96. The summed E-state index contributed by atoms with van der Waals surface area (Å²) in [5.74, 6) is -1.67. The number of fused-ring (bicyclic) bond motifs is 2. The van der Waals surface area contributed by atoms with Crippen LogP contribution in [0.2, 0.25) is 10.0 Å². The highest BCUT2D eigenvalue weighted by Crippen LogP contribution is 2.35. The van der Waals surface area contributed by atoms with Crippen LogP contribution in [0.1, 0.15) is 44.8 Å². The predicted octanol–water partition coefficient (Wildman–Crippen LogP) is 1.98. The number of carbonyl (C=O) groups excluding carboxylic acids is 2. The summed E-state index contributed by atoms with van der Waals surface area (Å²) < 4.78 is 1.64. The number of rotatable bonds is 7. The number of hydrogen-bond acceptors (Lipinski definition) is 6. The van der Waals surface area contributed by atoms with Crippen molar-refractivity contribution in [3.05, 3.63) is 69.0 Å². The molecule has 14 heteroatoms. The fourth-order valence-electron chi connectivity index (χ4n) is 5.14. The third-order valence-electron chi connectivity index (χ3n) is 7.22. The first kappa shape index (κ1) is 28.7. The first-order valence-corrected chi connectivity index (χ1v) is 14.0. The van der Waals surface area contributed by atoms with Crippen molar-refractivity contribution in [2.45, 2.75) is 31.8 Å². The largest absolute Gasteiger partial charge is 0.480 e. The molecule has 1 saturated heterocycles. The second-order valence-electron chi connectivity index (χ2n) is 9.87. The van der Waals surface area contributed by atoms with Crippen LogP contribution in [0.25, 0.3) is 5.52 Å². The van der Waals surface area contributed by atoms with Gasteiger partial charge in [0, 0.05) is 38.9 Å². The molecule has 5 N–H and O–H groups in total. The summed E-state index contributed by atoms with van der Waals surface area (Å²) in [5, 5.41) is 19.9. The van der Waals surface area contributed by atoms with E-state index >= 15 is 0 Å². The number of likely N-dealkylation sites (tertiary alicyclic amines) is 1. The number of aliphatic imine (C=N–C) groups is 1. The van der Waals surface area contributed by atoms with E-state index in [9.17, 15) is 19.5 Å². The van der Waals surface area contributed by atoms with Gasteiger partial charge >= 0.3 is 5.97 Å². The molecule has 0 unspecified atom stereocenters. The van der Waals surface area contributed by atoms with Crippen molar-refractivity contribution in [3.8, 4) is 0 Å². The lowest BCUT2D eigenvalue weighted by Crippen LogP contribution is -2.51. The third-order valence-corrected chi connectivity index (χ3v) is 7.94. The van der Waals surface area contributed by atoms with Gasteiger partial charge in [0.05, 0.1) is 27.8 Å². The summed E-state index contributed by atoms with van der Waals surface area (Å²) in [6, 6.07) is 7.63. The molecule has 1 fully saturated rings. The van der Waals surface area contributed by atoms with Gasteiger partial charge in [-0.3, -0.25) is 9.59 Å². The summed E-state index contributed by atoms with van der Waals surface area (Å²) in [6.07, 6.45) is 4.18. The number of nitrogens with zero attached hydrogens (tertiary/aromatic N) is 5. The number of nitrogens with two attached hydrogens (primary N) is 1. The van der Waals surface area contributed by atoms with Crippen LogP contribution >= 0.6 is 23.2 Å². The maximum atomic E-state index is 13.2. The van der Waals surface area contributed by atoms with Crippen molar-refractivity contribution in [1.29, 1.82) is 0 Å². The lowest BCUT2D eigenvalue weighted by molar-refractivity contribution is -0.139. The molecular weight excluding hydrogens is 571 g/mol. The Hall–Kier alpha value is -3.87. The van der Waals surface area contributed by atoms with Crippen LogP contribution in [0.4, 0.5) is 0 Å². The average molecular weight is 601 g/mol. The summed E-state index contributed by atoms with van der Waals surface area (Å²) >= 11 is 13.2. The van der Waals surface area contributed by atoms with Crippen LogP contribution < -0.4 is 16.4 Å². The minimum Gasteiger partial charge on any atom is -0.480 e. The number of carboxylic acids is 1. The molecule has 4 heterocycles. The standard InChI is InChI=1S/C27H30Cl2N8O4/c28-19-11-16-14-36(25(39)20-12-17-5-1-2-9-37(17)34-20)10-6-18(16)23(29)22(19)24(38)33-21(26(40)41)13-31-27(32-15-30)35-7-3-4-8-35/h1-2,5,9,11-12,21H,3-4,6-8,10,13-15,30H2,(H,31,32)(H,33,38)(H,40,41)/t21-/m0/s1. The number of guanidine groups is 1. The van der Waals surface area contributed by atoms with Gasteiger partial charge in [-0.1, -0.05) is 29.3 Å². The molecule has 1 atom stereocenters. The number of aliphatic carboxylic acids is 1. The van der Waals surface area contributed by atoms with Gasteiger partial charge in [0.15, 0.2) is 11.7 Å². The second-order valence-corrected chi connectivity index (χ2v) is 10.7. The number of carbonyl (C=O) groups is 3. The number of hydrogen-bond donors (Lipinski definition) is 4. The molecule has 2 aliphatic heterocycles. The van der Waals surface area contributed by atoms with E-state index in [1.807, 2.05) is 23.1 Å². The van der Waals surface area contributed by atoms with Crippen LogP contribution in [0.5, 0.6) is 0 Å². The Morgan fingerprint density at radius 1 is 1.12 bits per heavy atom. The smallest absolute Gasteiger partial charge is 0.328 e. The molecule has 2 aromatic heterocycles. The fraction of sp³-hybridized carbons (Fsp3) is 0.370. The monoisotopic (exact) mass is 600 g/mol. The zero-order valence-electron chi connectivity index (χ0n) is 22.1. The van der Waals surface area contributed by atoms with E-state index in [0.29, 0.717) is 35.7 Å². The Bertz CT molecular complexity index is 1490. The molecule has 0 saturated carbocycles. The molecule has 1 aromatic carbocycles. The van der Waals surface area contributed by atoms with E-state index in [-0.39, 0.29) is 41.3 Å². The van der Waals surface area contributed by atoms with Gasteiger partial charge in [-0.25, -0.2) is 14.3 Å². The van der Waals surface area contributed by atoms with Gasteiger partial charge in [-0.2, -0.15) is 5.10 Å². The van der Waals surface area contributed by atoms with Crippen LogP contribution in [0.15, 0.2) is 41.5 Å². The summed E-state index contributed by atoms with van der Waals surface area (Å²) in [7, 11) is 0. The van der Waals surface area contributed by atoms with Crippen molar-refractivity contribution >= 4 is 52.5 Å². The molecule has 12 nitrogen and oxygen atoms in total. The number of halogens is 2. The van der Waals surface area contributed by atoms with Crippen LogP contribution in [-0.4, -0.2) is 87.2 Å². The van der Waals surface area contributed by atoms with E-state index in [2.05, 4.69) is 20.7 Å². The van der Waals surface area contributed by atoms with Crippen molar-refractivity contribution in [3.63, 3.8) is 0 Å². The number of amides is 2. The molecule has 2 aliphatic rings. The molecule has 0 aliphatic carbocycles. The van der Waals surface area contributed by atoms with Crippen molar-refractivity contribution in [1.82, 2.24) is 30.0 Å². The number of carboxylic acid groups (broad SMARTS) is 1. The first-order valence-electron chi connectivity index (χ1n) is 13.3. The van der Waals surface area contributed by atoms with Gasteiger partial charge in [0.1, 0.15) is 6.04 Å². The molecule has 5 rings (SSSR count). The maximum Gasteiger partial charge on any atom is 0.328 e. The topological polar surface area (TPSA) is 158 Å². The second kappa shape index (κ2) is 12.3. The molecule has 0 spiro atoms. The highest BCUT2D eigenvalue weighted by molar-refractivity contribution is 6.40. The summed E-state index contributed by atoms with van der Waals surface area (Å²) in [6.45, 7) is 2.12. The Balaban J connectivity index is 1.29.